The first kappa shape index (κ1) is 11.8. The summed E-state index contributed by atoms with van der Waals surface area (Å²) in [6, 6.07) is 5.96. The molecule has 17 heavy (non-hydrogen) atoms. The molecular formula is C13H12FNOS. The number of ketones is 1. The summed E-state index contributed by atoms with van der Waals surface area (Å²) in [6.07, 6.45) is 0. The van der Waals surface area contributed by atoms with Gasteiger partial charge in [0.2, 0.25) is 5.78 Å². The Balaban J connectivity index is 2.50. The first-order valence-corrected chi connectivity index (χ1v) is 5.97. The molecule has 1 heterocycles. The molecule has 0 aliphatic carbocycles. The highest BCUT2D eigenvalue weighted by atomic mass is 32.1. The predicted octanol–water partition coefficient (Wildman–Crippen LogP) is 3.32. The van der Waals surface area contributed by atoms with Crippen LogP contribution in [-0.2, 0) is 0 Å². The highest BCUT2D eigenvalue weighted by molar-refractivity contribution is 7.14. The largest absolute Gasteiger partial charge is 0.399 e. The highest BCUT2D eigenvalue weighted by Gasteiger charge is 2.18. The van der Waals surface area contributed by atoms with Gasteiger partial charge in [-0.3, -0.25) is 4.79 Å². The minimum absolute atomic E-state index is 0.0370. The Bertz CT molecular complexity index is 589. The molecule has 88 valence electrons. The van der Waals surface area contributed by atoms with Crippen molar-refractivity contribution < 1.29 is 9.18 Å². The van der Waals surface area contributed by atoms with Gasteiger partial charge in [0.25, 0.3) is 0 Å². The van der Waals surface area contributed by atoms with E-state index < -0.39 is 5.82 Å². The van der Waals surface area contributed by atoms with Crippen LogP contribution in [0.25, 0.3) is 0 Å². The van der Waals surface area contributed by atoms with Crippen LogP contribution in [0.1, 0.15) is 25.7 Å². The van der Waals surface area contributed by atoms with Crippen molar-refractivity contribution in [2.75, 3.05) is 5.73 Å². The van der Waals surface area contributed by atoms with Gasteiger partial charge < -0.3 is 5.73 Å². The van der Waals surface area contributed by atoms with Gasteiger partial charge >= 0.3 is 0 Å². The van der Waals surface area contributed by atoms with Crippen LogP contribution in [-0.4, -0.2) is 5.78 Å². The van der Waals surface area contributed by atoms with Crippen molar-refractivity contribution in [1.82, 2.24) is 0 Å². The number of rotatable bonds is 2. The Labute approximate surface area is 103 Å². The van der Waals surface area contributed by atoms with Gasteiger partial charge in [0.1, 0.15) is 5.82 Å². The SMILES string of the molecule is Cc1cc(C)c(C(=O)c2cc(N)ccc2F)s1. The zero-order valence-corrected chi connectivity index (χ0v) is 10.4. The van der Waals surface area contributed by atoms with Crippen molar-refractivity contribution >= 4 is 22.8 Å². The summed E-state index contributed by atoms with van der Waals surface area (Å²) >= 11 is 1.37. The van der Waals surface area contributed by atoms with Gasteiger partial charge in [-0.1, -0.05) is 0 Å². The molecule has 0 unspecified atom stereocenters. The lowest BCUT2D eigenvalue weighted by atomic mass is 10.1. The van der Waals surface area contributed by atoms with E-state index in [1.807, 2.05) is 19.9 Å². The van der Waals surface area contributed by atoms with Crippen molar-refractivity contribution in [3.05, 3.63) is 51.0 Å². The lowest BCUT2D eigenvalue weighted by molar-refractivity contribution is 0.103. The number of halogens is 1. The molecule has 0 saturated carbocycles. The maximum absolute atomic E-state index is 13.6. The summed E-state index contributed by atoms with van der Waals surface area (Å²) in [5, 5.41) is 0. The molecule has 1 aromatic heterocycles. The smallest absolute Gasteiger partial charge is 0.206 e. The molecule has 1 aromatic carbocycles. The normalized spacial score (nSPS) is 10.5. The van der Waals surface area contributed by atoms with Crippen molar-refractivity contribution in [2.45, 2.75) is 13.8 Å². The number of carbonyl (C=O) groups is 1. The fourth-order valence-corrected chi connectivity index (χ4v) is 2.69. The van der Waals surface area contributed by atoms with Gasteiger partial charge in [-0.25, -0.2) is 4.39 Å². The quantitative estimate of drug-likeness (QED) is 0.655. The van der Waals surface area contributed by atoms with Crippen LogP contribution in [0.4, 0.5) is 10.1 Å². The number of nitrogens with two attached hydrogens (primary N) is 1. The molecule has 0 amide bonds. The Morgan fingerprint density at radius 1 is 1.29 bits per heavy atom. The molecule has 4 heteroatoms. The molecule has 0 aliphatic rings. The molecule has 0 bridgehead atoms. The Hall–Kier alpha value is -1.68. The summed E-state index contributed by atoms with van der Waals surface area (Å²) in [7, 11) is 0. The van der Waals surface area contributed by atoms with E-state index >= 15 is 0 Å². The minimum Gasteiger partial charge on any atom is -0.399 e. The number of nitrogen functional groups attached to an aromatic ring is 1. The average molecular weight is 249 g/mol. The molecule has 2 nitrogen and oxygen atoms in total. The summed E-state index contributed by atoms with van der Waals surface area (Å²) in [4.78, 5) is 13.8. The van der Waals surface area contributed by atoms with Gasteiger partial charge in [-0.15, -0.1) is 11.3 Å². The standard InChI is InChI=1S/C13H12FNOS/c1-7-5-8(2)17-13(7)12(16)10-6-9(15)3-4-11(10)14/h3-6H,15H2,1-2H3. The van der Waals surface area contributed by atoms with E-state index in [0.29, 0.717) is 10.6 Å². The van der Waals surface area contributed by atoms with Gasteiger partial charge in [0.05, 0.1) is 10.4 Å². The van der Waals surface area contributed by atoms with E-state index in [4.69, 9.17) is 5.73 Å². The number of thiophene rings is 1. The lowest BCUT2D eigenvalue weighted by Gasteiger charge is -2.03. The summed E-state index contributed by atoms with van der Waals surface area (Å²) in [5.41, 5.74) is 6.87. The van der Waals surface area contributed by atoms with E-state index in [-0.39, 0.29) is 11.3 Å². The van der Waals surface area contributed by atoms with Crippen molar-refractivity contribution in [3.8, 4) is 0 Å². The van der Waals surface area contributed by atoms with E-state index in [2.05, 4.69) is 0 Å². The van der Waals surface area contributed by atoms with Gasteiger partial charge in [0, 0.05) is 10.6 Å². The number of benzene rings is 1. The third-order valence-electron chi connectivity index (χ3n) is 2.48. The van der Waals surface area contributed by atoms with E-state index in [1.165, 1.54) is 29.5 Å². The average Bonchev–Trinajstić information content (AvgIpc) is 2.60. The summed E-state index contributed by atoms with van der Waals surface area (Å²) in [6.45, 7) is 3.77. The van der Waals surface area contributed by atoms with Crippen molar-refractivity contribution in [3.63, 3.8) is 0 Å². The molecule has 2 rings (SSSR count). The zero-order chi connectivity index (χ0) is 12.6. The van der Waals surface area contributed by atoms with Crippen molar-refractivity contribution in [1.29, 1.82) is 0 Å². The topological polar surface area (TPSA) is 43.1 Å². The number of aryl methyl sites for hydroxylation is 2. The Morgan fingerprint density at radius 3 is 2.59 bits per heavy atom. The molecule has 0 aliphatic heterocycles. The monoisotopic (exact) mass is 249 g/mol. The zero-order valence-electron chi connectivity index (χ0n) is 9.58. The molecule has 0 saturated heterocycles. The number of anilines is 1. The van der Waals surface area contributed by atoms with Crippen LogP contribution in [0, 0.1) is 19.7 Å². The molecule has 2 aromatic rings. The first-order valence-electron chi connectivity index (χ1n) is 5.16. The second kappa shape index (κ2) is 4.30. The van der Waals surface area contributed by atoms with Crippen LogP contribution in [0.2, 0.25) is 0 Å². The fourth-order valence-electron chi connectivity index (χ4n) is 1.71. The van der Waals surface area contributed by atoms with Crippen LogP contribution < -0.4 is 5.73 Å². The highest BCUT2D eigenvalue weighted by Crippen LogP contribution is 2.25. The summed E-state index contributed by atoms with van der Waals surface area (Å²) in [5.74, 6) is -0.833. The molecule has 0 radical (unpaired) electrons. The minimum atomic E-state index is -0.533. The Kier molecular flexibility index (Phi) is 2.98. The third-order valence-corrected chi connectivity index (χ3v) is 3.63. The first-order chi connectivity index (χ1) is 7.99. The third kappa shape index (κ3) is 2.22. The van der Waals surface area contributed by atoms with Gasteiger partial charge in [-0.2, -0.15) is 0 Å². The van der Waals surface area contributed by atoms with Gasteiger partial charge in [-0.05, 0) is 43.7 Å². The number of hydrogen-bond donors (Lipinski definition) is 1. The molecule has 2 N–H and O–H groups in total. The number of carbonyl (C=O) groups excluding carboxylic acids is 1. The molecule has 0 spiro atoms. The fraction of sp³-hybridized carbons (Fsp3) is 0.154. The maximum Gasteiger partial charge on any atom is 0.206 e. The molecule has 0 atom stereocenters. The van der Waals surface area contributed by atoms with Crippen LogP contribution in [0.5, 0.6) is 0 Å². The van der Waals surface area contributed by atoms with E-state index in [1.54, 1.807) is 0 Å². The number of hydrogen-bond acceptors (Lipinski definition) is 3. The van der Waals surface area contributed by atoms with E-state index in [0.717, 1.165) is 10.4 Å². The van der Waals surface area contributed by atoms with Crippen molar-refractivity contribution in [2.24, 2.45) is 0 Å². The lowest BCUT2D eigenvalue weighted by Crippen LogP contribution is -2.04. The molecule has 0 fully saturated rings. The maximum atomic E-state index is 13.6. The predicted molar refractivity (Wildman–Crippen MR) is 68.0 cm³/mol. The van der Waals surface area contributed by atoms with Crippen LogP contribution in [0.3, 0.4) is 0 Å². The molecular weight excluding hydrogens is 237 g/mol. The van der Waals surface area contributed by atoms with E-state index in [9.17, 15) is 9.18 Å². The Morgan fingerprint density at radius 2 is 2.00 bits per heavy atom. The van der Waals surface area contributed by atoms with Crippen LogP contribution >= 0.6 is 11.3 Å². The van der Waals surface area contributed by atoms with Gasteiger partial charge in [0.15, 0.2) is 0 Å². The summed E-state index contributed by atoms with van der Waals surface area (Å²) < 4.78 is 13.6. The second-order valence-electron chi connectivity index (χ2n) is 3.94. The second-order valence-corrected chi connectivity index (χ2v) is 5.19. The van der Waals surface area contributed by atoms with Crippen LogP contribution in [0.15, 0.2) is 24.3 Å².